The van der Waals surface area contributed by atoms with Crippen molar-refractivity contribution in [1.29, 1.82) is 0 Å². The molecule has 1 aliphatic carbocycles. The number of nitrogens with one attached hydrogen (secondary N) is 1. The van der Waals surface area contributed by atoms with E-state index in [1.165, 1.54) is 0 Å². The highest BCUT2D eigenvalue weighted by molar-refractivity contribution is 7.92. The number of hydrogen-bond acceptors (Lipinski definition) is 4. The average molecular weight is 365 g/mol. The lowest BCUT2D eigenvalue weighted by Crippen LogP contribution is -2.12. The van der Waals surface area contributed by atoms with Gasteiger partial charge in [0, 0.05) is 29.4 Å². The number of anilines is 1. The fraction of sp³-hybridized carbons (Fsp3) is 0.150. The lowest BCUT2D eigenvalue weighted by atomic mass is 10.1. The van der Waals surface area contributed by atoms with E-state index in [1.807, 2.05) is 30.5 Å². The molecule has 0 bridgehead atoms. The minimum absolute atomic E-state index is 0.230. The maximum Gasteiger partial charge on any atom is 0.261 e. The van der Waals surface area contributed by atoms with Crippen molar-refractivity contribution in [1.82, 2.24) is 4.98 Å². The van der Waals surface area contributed by atoms with Crippen molar-refractivity contribution in [3.8, 4) is 11.3 Å². The standard InChI is InChI=1S/C20H19N3O2S/c21-19-12-18(19)15-9-10-20(22-13-15)14-5-4-6-16(11-14)23-26(24,25)17-7-2-1-3-8-17/h1-11,13,18-19,23H,12,21H2/t18-,19+/m0/s1. The average Bonchev–Trinajstić information content (AvgIpc) is 3.39. The van der Waals surface area contributed by atoms with E-state index in [4.69, 9.17) is 5.73 Å². The highest BCUT2D eigenvalue weighted by atomic mass is 32.2. The van der Waals surface area contributed by atoms with Crippen LogP contribution in [0, 0.1) is 0 Å². The third kappa shape index (κ3) is 3.47. The zero-order valence-corrected chi connectivity index (χ0v) is 14.9. The lowest BCUT2D eigenvalue weighted by molar-refractivity contribution is 0.601. The van der Waals surface area contributed by atoms with Crippen molar-refractivity contribution in [2.75, 3.05) is 4.72 Å². The molecule has 2 atom stereocenters. The first kappa shape index (κ1) is 16.8. The van der Waals surface area contributed by atoms with E-state index in [-0.39, 0.29) is 10.9 Å². The maximum atomic E-state index is 12.5. The summed E-state index contributed by atoms with van der Waals surface area (Å²) in [6, 6.07) is 19.8. The first-order chi connectivity index (χ1) is 12.5. The van der Waals surface area contributed by atoms with Crippen LogP contribution in [0.15, 0.2) is 77.8 Å². The van der Waals surface area contributed by atoms with E-state index in [2.05, 4.69) is 9.71 Å². The first-order valence-electron chi connectivity index (χ1n) is 8.43. The Hall–Kier alpha value is -2.70. The molecule has 1 saturated carbocycles. The van der Waals surface area contributed by atoms with Crippen molar-refractivity contribution in [3.63, 3.8) is 0 Å². The Bertz CT molecular complexity index is 1020. The summed E-state index contributed by atoms with van der Waals surface area (Å²) >= 11 is 0. The molecule has 0 spiro atoms. The second-order valence-electron chi connectivity index (χ2n) is 6.48. The Labute approximate surface area is 153 Å². The Kier molecular flexibility index (Phi) is 4.22. The number of benzene rings is 2. The summed E-state index contributed by atoms with van der Waals surface area (Å²) in [6.45, 7) is 0. The summed E-state index contributed by atoms with van der Waals surface area (Å²) in [7, 11) is -3.61. The molecule has 6 heteroatoms. The summed E-state index contributed by atoms with van der Waals surface area (Å²) in [6.07, 6.45) is 2.87. The van der Waals surface area contributed by atoms with Gasteiger partial charge in [-0.25, -0.2) is 8.42 Å². The normalized spacial score (nSPS) is 19.1. The molecule has 3 N–H and O–H groups in total. The number of aromatic nitrogens is 1. The Morgan fingerprint density at radius 1 is 1.00 bits per heavy atom. The Morgan fingerprint density at radius 2 is 1.77 bits per heavy atom. The van der Waals surface area contributed by atoms with Crippen molar-refractivity contribution < 1.29 is 8.42 Å². The molecule has 4 rings (SSSR count). The molecule has 3 aromatic rings. The zero-order chi connectivity index (χ0) is 18.1. The van der Waals surface area contributed by atoms with Crippen molar-refractivity contribution in [3.05, 3.63) is 78.5 Å². The van der Waals surface area contributed by atoms with Gasteiger partial charge in [0.15, 0.2) is 0 Å². The highest BCUT2D eigenvalue weighted by Crippen LogP contribution is 2.38. The van der Waals surface area contributed by atoms with Gasteiger partial charge in [-0.15, -0.1) is 0 Å². The molecule has 1 aliphatic rings. The van der Waals surface area contributed by atoms with Crippen LogP contribution in [-0.2, 0) is 10.0 Å². The van der Waals surface area contributed by atoms with Crippen LogP contribution in [0.4, 0.5) is 5.69 Å². The van der Waals surface area contributed by atoms with Crippen LogP contribution in [0.2, 0.25) is 0 Å². The zero-order valence-electron chi connectivity index (χ0n) is 14.0. The van der Waals surface area contributed by atoms with Gasteiger partial charge in [-0.3, -0.25) is 9.71 Å². The molecular weight excluding hydrogens is 346 g/mol. The number of pyridine rings is 1. The molecule has 5 nitrogen and oxygen atoms in total. The van der Waals surface area contributed by atoms with E-state index in [0.717, 1.165) is 23.2 Å². The third-order valence-corrected chi connectivity index (χ3v) is 5.92. The molecule has 0 aliphatic heterocycles. The predicted molar refractivity (Wildman–Crippen MR) is 102 cm³/mol. The van der Waals surface area contributed by atoms with Crippen molar-refractivity contribution in [2.24, 2.45) is 5.73 Å². The molecule has 1 aromatic heterocycles. The summed E-state index contributed by atoms with van der Waals surface area (Å²) in [5.41, 5.74) is 9.18. The number of sulfonamides is 1. The van der Waals surface area contributed by atoms with E-state index < -0.39 is 10.0 Å². The molecule has 0 radical (unpaired) electrons. The molecular formula is C20H19N3O2S. The molecule has 0 saturated heterocycles. The second-order valence-corrected chi connectivity index (χ2v) is 8.16. The van der Waals surface area contributed by atoms with Crippen LogP contribution in [-0.4, -0.2) is 19.4 Å². The van der Waals surface area contributed by atoms with Crippen LogP contribution in [0.1, 0.15) is 17.9 Å². The van der Waals surface area contributed by atoms with Gasteiger partial charge in [0.05, 0.1) is 10.6 Å². The largest absolute Gasteiger partial charge is 0.327 e. The number of hydrogen-bond donors (Lipinski definition) is 2. The fourth-order valence-electron chi connectivity index (χ4n) is 2.95. The second kappa shape index (κ2) is 6.55. The summed E-state index contributed by atoms with van der Waals surface area (Å²) in [4.78, 5) is 4.74. The van der Waals surface area contributed by atoms with Crippen LogP contribution < -0.4 is 10.5 Å². The van der Waals surface area contributed by atoms with Gasteiger partial charge < -0.3 is 5.73 Å². The monoisotopic (exact) mass is 365 g/mol. The summed E-state index contributed by atoms with van der Waals surface area (Å²) < 4.78 is 27.6. The minimum Gasteiger partial charge on any atom is -0.327 e. The Balaban J connectivity index is 1.57. The molecule has 132 valence electrons. The van der Waals surface area contributed by atoms with Crippen LogP contribution >= 0.6 is 0 Å². The first-order valence-corrected chi connectivity index (χ1v) is 9.91. The highest BCUT2D eigenvalue weighted by Gasteiger charge is 2.34. The van der Waals surface area contributed by atoms with Crippen LogP contribution in [0.25, 0.3) is 11.3 Å². The van der Waals surface area contributed by atoms with Gasteiger partial charge >= 0.3 is 0 Å². The molecule has 2 aromatic carbocycles. The topological polar surface area (TPSA) is 85.1 Å². The fourth-order valence-corrected chi connectivity index (χ4v) is 4.02. The van der Waals surface area contributed by atoms with Gasteiger partial charge in [-0.1, -0.05) is 36.4 Å². The van der Waals surface area contributed by atoms with E-state index >= 15 is 0 Å². The van der Waals surface area contributed by atoms with E-state index in [1.54, 1.807) is 42.5 Å². The molecule has 1 fully saturated rings. The Morgan fingerprint density at radius 3 is 2.42 bits per heavy atom. The van der Waals surface area contributed by atoms with Gasteiger partial charge in [0.1, 0.15) is 0 Å². The van der Waals surface area contributed by atoms with Crippen molar-refractivity contribution >= 4 is 15.7 Å². The van der Waals surface area contributed by atoms with Gasteiger partial charge in [-0.2, -0.15) is 0 Å². The smallest absolute Gasteiger partial charge is 0.261 e. The van der Waals surface area contributed by atoms with E-state index in [0.29, 0.717) is 11.6 Å². The maximum absolute atomic E-state index is 12.5. The van der Waals surface area contributed by atoms with Gasteiger partial charge in [0.2, 0.25) is 0 Å². The molecule has 0 unspecified atom stereocenters. The van der Waals surface area contributed by atoms with Gasteiger partial charge in [-0.05, 0) is 42.3 Å². The summed E-state index contributed by atoms with van der Waals surface area (Å²) in [5, 5.41) is 0. The predicted octanol–water partition coefficient (Wildman–Crippen LogP) is 3.36. The molecule has 1 heterocycles. The quantitative estimate of drug-likeness (QED) is 0.726. The lowest BCUT2D eigenvalue weighted by Gasteiger charge is -2.10. The van der Waals surface area contributed by atoms with Crippen molar-refractivity contribution in [2.45, 2.75) is 23.3 Å². The molecule has 0 amide bonds. The van der Waals surface area contributed by atoms with E-state index in [9.17, 15) is 8.42 Å². The third-order valence-electron chi connectivity index (χ3n) is 4.52. The van der Waals surface area contributed by atoms with Crippen LogP contribution in [0.5, 0.6) is 0 Å². The number of nitrogens with zero attached hydrogens (tertiary/aromatic N) is 1. The minimum atomic E-state index is -3.61. The van der Waals surface area contributed by atoms with Gasteiger partial charge in [0.25, 0.3) is 10.0 Å². The number of nitrogens with two attached hydrogens (primary N) is 1. The van der Waals surface area contributed by atoms with Crippen LogP contribution in [0.3, 0.4) is 0 Å². The molecule has 26 heavy (non-hydrogen) atoms. The SMILES string of the molecule is N[C@@H]1C[C@H]1c1ccc(-c2cccc(NS(=O)(=O)c3ccccc3)c2)nc1. The summed E-state index contributed by atoms with van der Waals surface area (Å²) in [5.74, 6) is 0.417. The number of rotatable bonds is 5.